The monoisotopic (exact) mass is 348 g/mol. The van der Waals surface area contributed by atoms with Crippen molar-refractivity contribution in [2.75, 3.05) is 26.7 Å². The molecule has 1 aromatic heterocycles. The van der Waals surface area contributed by atoms with Crippen LogP contribution in [0.4, 0.5) is 0 Å². The Labute approximate surface area is 153 Å². The van der Waals surface area contributed by atoms with Crippen molar-refractivity contribution in [2.45, 2.75) is 18.8 Å². The molecule has 0 atom stereocenters. The van der Waals surface area contributed by atoms with Gasteiger partial charge in [-0.25, -0.2) is 0 Å². The smallest absolute Gasteiger partial charge is 0.176 e. The van der Waals surface area contributed by atoms with Crippen molar-refractivity contribution in [1.29, 1.82) is 0 Å². The minimum absolute atomic E-state index is 0.179. The summed E-state index contributed by atoms with van der Waals surface area (Å²) in [6.45, 7) is 2.42. The van der Waals surface area contributed by atoms with Crippen molar-refractivity contribution < 1.29 is 9.53 Å². The first-order chi connectivity index (χ1) is 12.7. The van der Waals surface area contributed by atoms with Crippen LogP contribution in [0.1, 0.15) is 34.7 Å². The number of hydrogen-bond donors (Lipinski definition) is 1. The molecule has 1 aliphatic heterocycles. The molecular formula is C22H24N2O2. The summed E-state index contributed by atoms with van der Waals surface area (Å²) < 4.78 is 5.15. The second kappa shape index (κ2) is 7.34. The minimum Gasteiger partial charge on any atom is -0.497 e. The third-order valence-electron chi connectivity index (χ3n) is 5.43. The lowest BCUT2D eigenvalue weighted by molar-refractivity contribution is 0.0909. The summed E-state index contributed by atoms with van der Waals surface area (Å²) in [5, 5.41) is 1.33. The maximum Gasteiger partial charge on any atom is 0.176 e. The van der Waals surface area contributed by atoms with Crippen LogP contribution in [0.25, 0.3) is 10.9 Å². The van der Waals surface area contributed by atoms with E-state index in [2.05, 4.69) is 40.3 Å². The number of piperidine rings is 1. The highest BCUT2D eigenvalue weighted by atomic mass is 16.5. The molecule has 134 valence electrons. The van der Waals surface area contributed by atoms with Gasteiger partial charge in [-0.15, -0.1) is 0 Å². The molecule has 0 aliphatic carbocycles. The Bertz CT molecular complexity index is 890. The van der Waals surface area contributed by atoms with E-state index in [1.165, 1.54) is 16.5 Å². The Morgan fingerprint density at radius 2 is 1.85 bits per heavy atom. The van der Waals surface area contributed by atoms with E-state index in [9.17, 15) is 4.79 Å². The number of carbonyl (C=O) groups excluding carboxylic acids is 1. The third-order valence-corrected chi connectivity index (χ3v) is 5.43. The van der Waals surface area contributed by atoms with Gasteiger partial charge in [-0.1, -0.05) is 18.2 Å². The van der Waals surface area contributed by atoms with Gasteiger partial charge in [-0.05, 0) is 67.7 Å². The first kappa shape index (κ1) is 16.9. The molecule has 1 aliphatic rings. The molecule has 0 unspecified atom stereocenters. The number of aromatic nitrogens is 1. The van der Waals surface area contributed by atoms with Crippen LogP contribution in [0, 0.1) is 0 Å². The number of ketones is 1. The number of methoxy groups -OCH3 is 1. The zero-order valence-electron chi connectivity index (χ0n) is 15.1. The highest BCUT2D eigenvalue weighted by molar-refractivity contribution is 5.97. The summed E-state index contributed by atoms with van der Waals surface area (Å²) in [6.07, 6.45) is 4.35. The van der Waals surface area contributed by atoms with Crippen LogP contribution in [-0.4, -0.2) is 42.4 Å². The number of aromatic amines is 1. The molecule has 3 aromatic rings. The fraction of sp³-hybridized carbons (Fsp3) is 0.318. The number of ether oxygens (including phenoxy) is 1. The lowest BCUT2D eigenvalue weighted by atomic mass is 9.89. The molecule has 0 saturated carbocycles. The SMILES string of the molecule is COc1ccc(C(=O)CN2CCC(c3c[nH]c4ccccc34)CC2)cc1. The van der Waals surface area contributed by atoms with Crippen molar-refractivity contribution in [3.63, 3.8) is 0 Å². The van der Waals surface area contributed by atoms with Crippen LogP contribution in [0.3, 0.4) is 0 Å². The molecule has 4 nitrogen and oxygen atoms in total. The highest BCUT2D eigenvalue weighted by Gasteiger charge is 2.24. The number of H-pyrrole nitrogens is 1. The van der Waals surface area contributed by atoms with Gasteiger partial charge in [0, 0.05) is 22.7 Å². The van der Waals surface area contributed by atoms with Gasteiger partial charge in [0.2, 0.25) is 0 Å². The number of carbonyl (C=O) groups is 1. The van der Waals surface area contributed by atoms with Gasteiger partial charge in [-0.2, -0.15) is 0 Å². The van der Waals surface area contributed by atoms with Crippen molar-refractivity contribution in [3.8, 4) is 5.75 Å². The molecule has 26 heavy (non-hydrogen) atoms. The normalized spacial score (nSPS) is 16.0. The second-order valence-corrected chi connectivity index (χ2v) is 6.99. The van der Waals surface area contributed by atoms with Gasteiger partial charge >= 0.3 is 0 Å². The van der Waals surface area contributed by atoms with E-state index in [1.54, 1.807) is 7.11 Å². The Morgan fingerprint density at radius 3 is 2.58 bits per heavy atom. The lowest BCUT2D eigenvalue weighted by Crippen LogP contribution is -2.36. The molecule has 0 amide bonds. The Morgan fingerprint density at radius 1 is 1.12 bits per heavy atom. The molecule has 4 heteroatoms. The predicted molar refractivity (Wildman–Crippen MR) is 104 cm³/mol. The molecule has 0 spiro atoms. The number of likely N-dealkylation sites (tertiary alicyclic amines) is 1. The molecule has 4 rings (SSSR count). The van der Waals surface area contributed by atoms with Crippen LogP contribution >= 0.6 is 0 Å². The van der Waals surface area contributed by atoms with E-state index in [0.717, 1.165) is 37.2 Å². The first-order valence-electron chi connectivity index (χ1n) is 9.20. The van der Waals surface area contributed by atoms with Gasteiger partial charge in [0.15, 0.2) is 5.78 Å². The molecule has 1 fully saturated rings. The number of para-hydroxylation sites is 1. The standard InChI is InChI=1S/C22H24N2O2/c1-26-18-8-6-17(7-9-18)22(25)15-24-12-10-16(11-13-24)20-14-23-21-5-3-2-4-19(20)21/h2-9,14,16,23H,10-13,15H2,1H3. The van der Waals surface area contributed by atoms with Gasteiger partial charge in [-0.3, -0.25) is 9.69 Å². The van der Waals surface area contributed by atoms with Crippen LogP contribution in [0.2, 0.25) is 0 Å². The zero-order chi connectivity index (χ0) is 17.9. The quantitative estimate of drug-likeness (QED) is 0.702. The maximum atomic E-state index is 12.5. The van der Waals surface area contributed by atoms with Crippen LogP contribution in [-0.2, 0) is 0 Å². The summed E-state index contributed by atoms with van der Waals surface area (Å²) in [5.74, 6) is 1.53. The summed E-state index contributed by atoms with van der Waals surface area (Å²) in [4.78, 5) is 18.2. The molecule has 1 N–H and O–H groups in total. The molecular weight excluding hydrogens is 324 g/mol. The largest absolute Gasteiger partial charge is 0.497 e. The summed E-state index contributed by atoms with van der Waals surface area (Å²) in [5.41, 5.74) is 3.38. The Hall–Kier alpha value is -2.59. The summed E-state index contributed by atoms with van der Waals surface area (Å²) in [6, 6.07) is 15.9. The van der Waals surface area contributed by atoms with E-state index in [1.807, 2.05) is 24.3 Å². The fourth-order valence-corrected chi connectivity index (χ4v) is 3.91. The maximum absolute atomic E-state index is 12.5. The third kappa shape index (κ3) is 3.37. The van der Waals surface area contributed by atoms with E-state index in [-0.39, 0.29) is 5.78 Å². The molecule has 0 bridgehead atoms. The highest BCUT2D eigenvalue weighted by Crippen LogP contribution is 2.33. The number of fused-ring (bicyclic) bond motifs is 1. The number of nitrogens with zero attached hydrogens (tertiary/aromatic N) is 1. The van der Waals surface area contributed by atoms with Gasteiger partial charge < -0.3 is 9.72 Å². The van der Waals surface area contributed by atoms with Crippen molar-refractivity contribution in [2.24, 2.45) is 0 Å². The van der Waals surface area contributed by atoms with E-state index < -0.39 is 0 Å². The summed E-state index contributed by atoms with van der Waals surface area (Å²) in [7, 11) is 1.63. The van der Waals surface area contributed by atoms with Crippen molar-refractivity contribution >= 4 is 16.7 Å². The van der Waals surface area contributed by atoms with Gasteiger partial charge in [0.05, 0.1) is 13.7 Å². The average molecular weight is 348 g/mol. The van der Waals surface area contributed by atoms with Crippen molar-refractivity contribution in [3.05, 3.63) is 65.9 Å². The van der Waals surface area contributed by atoms with E-state index >= 15 is 0 Å². The minimum atomic E-state index is 0.179. The molecule has 0 radical (unpaired) electrons. The van der Waals surface area contributed by atoms with E-state index in [4.69, 9.17) is 4.74 Å². The van der Waals surface area contributed by atoms with Crippen molar-refractivity contribution in [1.82, 2.24) is 9.88 Å². The Kier molecular flexibility index (Phi) is 4.76. The van der Waals surface area contributed by atoms with Crippen LogP contribution in [0.15, 0.2) is 54.7 Å². The number of benzene rings is 2. The average Bonchev–Trinajstić information content (AvgIpc) is 3.13. The summed E-state index contributed by atoms with van der Waals surface area (Å²) >= 11 is 0. The number of Topliss-reactive ketones (excluding diaryl/α,β-unsaturated/α-hetero) is 1. The van der Waals surface area contributed by atoms with Crippen LogP contribution in [0.5, 0.6) is 5.75 Å². The molecule has 1 saturated heterocycles. The van der Waals surface area contributed by atoms with Crippen LogP contribution < -0.4 is 4.74 Å². The Balaban J connectivity index is 1.36. The van der Waals surface area contributed by atoms with E-state index in [0.29, 0.717) is 12.5 Å². The van der Waals surface area contributed by atoms with Gasteiger partial charge in [0.1, 0.15) is 5.75 Å². The predicted octanol–water partition coefficient (Wildman–Crippen LogP) is 4.24. The molecule has 2 aromatic carbocycles. The number of rotatable bonds is 5. The number of nitrogens with one attached hydrogen (secondary N) is 1. The first-order valence-corrected chi connectivity index (χ1v) is 9.20. The lowest BCUT2D eigenvalue weighted by Gasteiger charge is -2.31. The zero-order valence-corrected chi connectivity index (χ0v) is 15.1. The molecule has 2 heterocycles. The topological polar surface area (TPSA) is 45.3 Å². The fourth-order valence-electron chi connectivity index (χ4n) is 3.91. The van der Waals surface area contributed by atoms with Gasteiger partial charge in [0.25, 0.3) is 0 Å². The number of hydrogen-bond acceptors (Lipinski definition) is 3. The second-order valence-electron chi connectivity index (χ2n) is 6.99.